The molecular weight excluding hydrogens is 653 g/mol. The number of hydrogen-bond acceptors (Lipinski definition) is 0. The standard InChI is InChI=1S/C52H102N2/c1-5-8-11-14-17-20-23-25-27-28-31-33-36-39-42-45-50(4)54-49-48-53-52(54)51(46-43-40-37-34-30-22-19-16-13-10-7-3)47-44-41-38-35-32-29-26-24-21-18-15-12-9-6-2/h48-51H,5-47H2,1-4H3/p+1. The van der Waals surface area contributed by atoms with Gasteiger partial charge in [-0.05, 0) is 32.6 Å². The SMILES string of the molecule is CCCCCCCCCCCCCCCCCC(C)[n+]1cc[nH]c1C(CCCCCCCCCCCCC)CCCCCCCCCCCCCCCC. The Balaban J connectivity index is 2.34. The predicted molar refractivity (Wildman–Crippen MR) is 244 cm³/mol. The second kappa shape index (κ2) is 41.8. The Kier molecular flexibility index (Phi) is 39.7. The van der Waals surface area contributed by atoms with Crippen LogP contribution < -0.4 is 4.57 Å². The van der Waals surface area contributed by atoms with Crippen LogP contribution in [0.15, 0.2) is 12.4 Å². The van der Waals surface area contributed by atoms with Crippen molar-refractivity contribution in [2.45, 2.75) is 316 Å². The van der Waals surface area contributed by atoms with Gasteiger partial charge in [-0.1, -0.05) is 271 Å². The maximum Gasteiger partial charge on any atom is 0.257 e. The van der Waals surface area contributed by atoms with E-state index in [1.807, 2.05) is 0 Å². The third-order valence-electron chi connectivity index (χ3n) is 12.9. The highest BCUT2D eigenvalue weighted by Crippen LogP contribution is 2.28. The number of aromatic nitrogens is 2. The van der Waals surface area contributed by atoms with Crippen LogP contribution in [0, 0.1) is 0 Å². The van der Waals surface area contributed by atoms with Crippen molar-refractivity contribution in [2.75, 3.05) is 0 Å². The van der Waals surface area contributed by atoms with Gasteiger partial charge in [0.1, 0.15) is 12.4 Å². The third kappa shape index (κ3) is 32.3. The normalized spacial score (nSPS) is 12.9. The van der Waals surface area contributed by atoms with Crippen molar-refractivity contribution in [2.24, 2.45) is 0 Å². The van der Waals surface area contributed by atoms with Crippen molar-refractivity contribution in [3.05, 3.63) is 18.2 Å². The fourth-order valence-corrected chi connectivity index (χ4v) is 9.08. The summed E-state index contributed by atoms with van der Waals surface area (Å²) in [7, 11) is 0. The molecule has 2 nitrogen and oxygen atoms in total. The average molecular weight is 756 g/mol. The molecule has 54 heavy (non-hydrogen) atoms. The summed E-state index contributed by atoms with van der Waals surface area (Å²) in [5.41, 5.74) is 0. The molecular formula is C52H103N2+. The smallest absolute Gasteiger partial charge is 0.247 e. The van der Waals surface area contributed by atoms with E-state index in [-0.39, 0.29) is 0 Å². The Labute approximate surface area is 342 Å². The van der Waals surface area contributed by atoms with E-state index in [1.165, 1.54) is 276 Å². The first-order valence-electron chi connectivity index (χ1n) is 25.8. The zero-order valence-electron chi connectivity index (χ0n) is 38.2. The minimum atomic E-state index is 0.615. The van der Waals surface area contributed by atoms with Crippen LogP contribution in [0.1, 0.15) is 322 Å². The second-order valence-electron chi connectivity index (χ2n) is 18.2. The molecule has 0 spiro atoms. The number of rotatable bonds is 45. The molecule has 0 saturated carbocycles. The van der Waals surface area contributed by atoms with Crippen LogP contribution in [0.25, 0.3) is 0 Å². The Morgan fingerprint density at radius 1 is 0.352 bits per heavy atom. The Morgan fingerprint density at radius 2 is 0.593 bits per heavy atom. The van der Waals surface area contributed by atoms with Crippen molar-refractivity contribution in [3.8, 4) is 0 Å². The molecule has 2 atom stereocenters. The highest BCUT2D eigenvalue weighted by Gasteiger charge is 2.25. The number of unbranched alkanes of at least 4 members (excludes halogenated alkanes) is 37. The molecule has 320 valence electrons. The van der Waals surface area contributed by atoms with Gasteiger partial charge in [-0.2, -0.15) is 0 Å². The summed E-state index contributed by atoms with van der Waals surface area (Å²) in [5, 5.41) is 0. The van der Waals surface area contributed by atoms with Gasteiger partial charge in [0.05, 0.1) is 12.0 Å². The van der Waals surface area contributed by atoms with Crippen LogP contribution in [0.2, 0.25) is 0 Å². The molecule has 0 aliphatic rings. The van der Waals surface area contributed by atoms with E-state index in [0.717, 1.165) is 0 Å². The van der Waals surface area contributed by atoms with Crippen LogP contribution >= 0.6 is 0 Å². The molecule has 0 radical (unpaired) electrons. The fraction of sp³-hybridized carbons (Fsp3) is 0.942. The van der Waals surface area contributed by atoms with Gasteiger partial charge in [0, 0.05) is 0 Å². The summed E-state index contributed by atoms with van der Waals surface area (Å²) in [4.78, 5) is 3.79. The highest BCUT2D eigenvalue weighted by atomic mass is 15.1. The van der Waals surface area contributed by atoms with Crippen LogP contribution in [-0.2, 0) is 0 Å². The minimum Gasteiger partial charge on any atom is -0.247 e. The van der Waals surface area contributed by atoms with Gasteiger partial charge in [-0.25, -0.2) is 9.55 Å². The van der Waals surface area contributed by atoms with Gasteiger partial charge < -0.3 is 0 Å². The van der Waals surface area contributed by atoms with Crippen molar-refractivity contribution >= 4 is 0 Å². The highest BCUT2D eigenvalue weighted by molar-refractivity contribution is 4.90. The number of H-pyrrole nitrogens is 1. The van der Waals surface area contributed by atoms with Gasteiger partial charge in [-0.15, -0.1) is 0 Å². The number of nitrogens with zero attached hydrogens (tertiary/aromatic N) is 1. The molecule has 0 amide bonds. The van der Waals surface area contributed by atoms with Crippen molar-refractivity contribution in [3.63, 3.8) is 0 Å². The van der Waals surface area contributed by atoms with Crippen molar-refractivity contribution in [1.82, 2.24) is 4.98 Å². The summed E-state index contributed by atoms with van der Waals surface area (Å²) in [6.45, 7) is 9.45. The monoisotopic (exact) mass is 756 g/mol. The van der Waals surface area contributed by atoms with Gasteiger partial charge >= 0.3 is 0 Å². The fourth-order valence-electron chi connectivity index (χ4n) is 9.08. The van der Waals surface area contributed by atoms with E-state index in [1.54, 1.807) is 5.82 Å². The number of aromatic amines is 1. The molecule has 0 saturated heterocycles. The maximum absolute atomic E-state index is 3.79. The lowest BCUT2D eigenvalue weighted by molar-refractivity contribution is -0.727. The average Bonchev–Trinajstić information content (AvgIpc) is 3.68. The zero-order valence-corrected chi connectivity index (χ0v) is 38.2. The lowest BCUT2D eigenvalue weighted by Crippen LogP contribution is -2.41. The molecule has 1 heterocycles. The molecule has 0 aliphatic carbocycles. The summed E-state index contributed by atoms with van der Waals surface area (Å²) >= 11 is 0. The molecule has 0 fully saturated rings. The number of hydrogen-bond donors (Lipinski definition) is 1. The maximum atomic E-state index is 3.79. The van der Waals surface area contributed by atoms with Gasteiger partial charge in [0.2, 0.25) is 0 Å². The molecule has 2 unspecified atom stereocenters. The molecule has 1 rings (SSSR count). The first-order chi connectivity index (χ1) is 26.7. The third-order valence-corrected chi connectivity index (χ3v) is 12.9. The van der Waals surface area contributed by atoms with Crippen LogP contribution in [0.5, 0.6) is 0 Å². The van der Waals surface area contributed by atoms with E-state index < -0.39 is 0 Å². The van der Waals surface area contributed by atoms with E-state index in [9.17, 15) is 0 Å². The van der Waals surface area contributed by atoms with Gasteiger partial charge in [0.25, 0.3) is 5.82 Å². The largest absolute Gasteiger partial charge is 0.257 e. The van der Waals surface area contributed by atoms with E-state index in [0.29, 0.717) is 12.0 Å². The molecule has 0 aromatic carbocycles. The van der Waals surface area contributed by atoms with Crippen LogP contribution in [-0.4, -0.2) is 4.98 Å². The van der Waals surface area contributed by atoms with Crippen molar-refractivity contribution in [1.29, 1.82) is 0 Å². The summed E-state index contributed by atoms with van der Waals surface area (Å²) in [6.07, 6.45) is 66.6. The van der Waals surface area contributed by atoms with E-state index in [2.05, 4.69) is 49.6 Å². The Hall–Kier alpha value is -0.790. The Bertz CT molecular complexity index is 828. The quantitative estimate of drug-likeness (QED) is 0.0505. The lowest BCUT2D eigenvalue weighted by atomic mass is 9.92. The first-order valence-corrected chi connectivity index (χ1v) is 25.8. The molecule has 1 aromatic rings. The van der Waals surface area contributed by atoms with Crippen molar-refractivity contribution < 1.29 is 4.57 Å². The predicted octanol–water partition coefficient (Wildman–Crippen LogP) is 18.8. The molecule has 2 heteroatoms. The van der Waals surface area contributed by atoms with Crippen LogP contribution in [0.3, 0.4) is 0 Å². The van der Waals surface area contributed by atoms with Crippen LogP contribution in [0.4, 0.5) is 0 Å². The van der Waals surface area contributed by atoms with E-state index in [4.69, 9.17) is 0 Å². The van der Waals surface area contributed by atoms with Gasteiger partial charge in [-0.3, -0.25) is 0 Å². The van der Waals surface area contributed by atoms with E-state index >= 15 is 0 Å². The second-order valence-corrected chi connectivity index (χ2v) is 18.2. The number of nitrogens with one attached hydrogen (secondary N) is 1. The molecule has 1 aromatic heterocycles. The lowest BCUT2D eigenvalue weighted by Gasteiger charge is -2.17. The molecule has 1 N–H and O–H groups in total. The molecule has 0 aliphatic heterocycles. The summed E-state index contributed by atoms with van der Waals surface area (Å²) in [6, 6.07) is 0.615. The zero-order chi connectivity index (χ0) is 38.8. The summed E-state index contributed by atoms with van der Waals surface area (Å²) in [5.74, 6) is 2.25. The van der Waals surface area contributed by atoms with Gasteiger partial charge in [0.15, 0.2) is 0 Å². The summed E-state index contributed by atoms with van der Waals surface area (Å²) < 4.78 is 2.66. The topological polar surface area (TPSA) is 19.7 Å². The first kappa shape index (κ1) is 51.2. The Morgan fingerprint density at radius 3 is 0.870 bits per heavy atom. The number of imidazole rings is 1. The minimum absolute atomic E-state index is 0.615. The molecule has 0 bridgehead atoms.